The minimum Gasteiger partial charge on any atom is -0.657 e. The van der Waals surface area contributed by atoms with Crippen LogP contribution in [0.2, 0.25) is 0 Å². The van der Waals surface area contributed by atoms with E-state index in [0.717, 1.165) is 33.4 Å². The predicted molar refractivity (Wildman–Crippen MR) is 164 cm³/mol. The molecule has 0 radical (unpaired) electrons. The molecule has 4 aromatic heterocycles. The molecule has 2 atom stereocenters. The van der Waals surface area contributed by atoms with Gasteiger partial charge < -0.3 is 40.4 Å². The first-order valence-electron chi connectivity index (χ1n) is 14.6. The largest absolute Gasteiger partial charge is 0.657 e. The molecule has 0 fully saturated rings. The molecule has 0 aliphatic carbocycles. The number of aliphatic hydroxyl groups is 2. The van der Waals surface area contributed by atoms with Gasteiger partial charge in [-0.2, -0.15) is 0 Å². The quantitative estimate of drug-likeness (QED) is 0.173. The fourth-order valence-corrected chi connectivity index (χ4v) is 6.15. The van der Waals surface area contributed by atoms with Gasteiger partial charge in [0.05, 0.1) is 12.2 Å². The van der Waals surface area contributed by atoms with E-state index in [9.17, 15) is 30.0 Å². The van der Waals surface area contributed by atoms with Gasteiger partial charge in [-0.15, -0.1) is 44.2 Å². The van der Waals surface area contributed by atoms with Crippen LogP contribution in [0, 0.1) is 27.7 Å². The van der Waals surface area contributed by atoms with E-state index in [1.807, 2.05) is 39.8 Å². The second-order valence-corrected chi connectivity index (χ2v) is 11.5. The predicted octanol–water partition coefficient (Wildman–Crippen LogP) is 0.516. The van der Waals surface area contributed by atoms with Crippen molar-refractivity contribution in [2.45, 2.75) is 79.4 Å². The van der Waals surface area contributed by atoms with Crippen LogP contribution in [0.15, 0.2) is 0 Å². The number of aromatic nitrogens is 4. The zero-order valence-corrected chi connectivity index (χ0v) is 27.0. The van der Waals surface area contributed by atoms with Gasteiger partial charge in [-0.25, -0.2) is 0 Å². The van der Waals surface area contributed by atoms with Crippen molar-refractivity contribution in [2.75, 3.05) is 0 Å². The second kappa shape index (κ2) is 13.1. The minimum atomic E-state index is -0.931. The van der Waals surface area contributed by atoms with E-state index >= 15 is 0 Å². The van der Waals surface area contributed by atoms with Crippen molar-refractivity contribution in [2.24, 2.45) is 0 Å². The zero-order valence-electron chi connectivity index (χ0n) is 26.0. The normalized spacial score (nSPS) is 16.5. The Morgan fingerprint density at radius 1 is 0.578 bits per heavy atom. The average molecular weight is 655 g/mol. The van der Waals surface area contributed by atoms with Crippen LogP contribution in [-0.2, 0) is 38.9 Å². The molecular weight excluding hydrogens is 619 g/mol. The fraction of sp³-hybridized carbons (Fsp3) is 0.353. The third-order valence-electron chi connectivity index (χ3n) is 8.49. The first-order valence-corrected chi connectivity index (χ1v) is 14.6. The van der Waals surface area contributed by atoms with Crippen molar-refractivity contribution in [1.82, 2.24) is 19.9 Å². The van der Waals surface area contributed by atoms with Gasteiger partial charge in [-0.3, -0.25) is 9.59 Å². The molecule has 45 heavy (non-hydrogen) atoms. The smallest absolute Gasteiger partial charge is 0.303 e. The van der Waals surface area contributed by atoms with Crippen molar-refractivity contribution in [3.8, 4) is 0 Å². The molecule has 0 amide bonds. The Hall–Kier alpha value is -4.05. The fourth-order valence-electron chi connectivity index (χ4n) is 6.15. The summed E-state index contributed by atoms with van der Waals surface area (Å²) in [6.45, 7) is 10.9. The number of carbonyl (C=O) groups is 2. The van der Waals surface area contributed by atoms with Gasteiger partial charge >= 0.3 is 11.9 Å². The van der Waals surface area contributed by atoms with Crippen molar-refractivity contribution >= 4 is 36.2 Å². The van der Waals surface area contributed by atoms with Crippen LogP contribution in [-0.4, -0.2) is 32.4 Å². The molecule has 5 rings (SSSR count). The number of aliphatic hydroxyl groups excluding tert-OH is 2. The maximum absolute atomic E-state index is 11.5. The van der Waals surface area contributed by atoms with Gasteiger partial charge in [0, 0.05) is 29.3 Å². The summed E-state index contributed by atoms with van der Waals surface area (Å²) in [5.74, 6) is -1.86. The summed E-state index contributed by atoms with van der Waals surface area (Å²) in [7, 11) is 0. The molecular formula is C34H36N4NiO6-4. The van der Waals surface area contributed by atoms with Crippen LogP contribution in [0.5, 0.6) is 0 Å². The van der Waals surface area contributed by atoms with Crippen LogP contribution in [0.4, 0.5) is 0 Å². The van der Waals surface area contributed by atoms with Crippen molar-refractivity contribution in [1.29, 1.82) is 0 Å². The topological polar surface area (TPSA) is 171 Å². The van der Waals surface area contributed by atoms with E-state index in [1.54, 1.807) is 26.0 Å². The van der Waals surface area contributed by atoms with Crippen molar-refractivity contribution in [3.63, 3.8) is 0 Å². The number of fused-ring (bicyclic) bond motifs is 8. The van der Waals surface area contributed by atoms with Gasteiger partial charge in [0.25, 0.3) is 0 Å². The second-order valence-electron chi connectivity index (χ2n) is 11.5. The van der Waals surface area contributed by atoms with Crippen LogP contribution >= 0.6 is 0 Å². The first-order chi connectivity index (χ1) is 20.8. The number of carboxylic acids is 2. The minimum absolute atomic E-state index is 0. The molecule has 10 nitrogen and oxygen atoms in total. The average Bonchev–Trinajstić information content (AvgIpc) is 3.59. The number of hydrogen-bond acceptors (Lipinski definition) is 4. The van der Waals surface area contributed by atoms with Gasteiger partial charge in [0.2, 0.25) is 0 Å². The van der Waals surface area contributed by atoms with Crippen LogP contribution in [0.25, 0.3) is 24.3 Å². The van der Waals surface area contributed by atoms with Crippen LogP contribution in [0.3, 0.4) is 0 Å². The van der Waals surface area contributed by atoms with E-state index in [0.29, 0.717) is 55.3 Å². The van der Waals surface area contributed by atoms with E-state index < -0.39 is 24.1 Å². The number of rotatable bonds is 8. The van der Waals surface area contributed by atoms with Crippen LogP contribution < -0.4 is 41.3 Å². The van der Waals surface area contributed by atoms with E-state index in [1.165, 1.54) is 0 Å². The number of aliphatic carboxylic acids is 2. The Bertz CT molecular complexity index is 2040. The van der Waals surface area contributed by atoms with E-state index in [-0.39, 0.29) is 42.2 Å². The molecule has 11 heteroatoms. The molecule has 0 aromatic carbocycles. The summed E-state index contributed by atoms with van der Waals surface area (Å²) in [6.07, 6.45) is 5.93. The van der Waals surface area contributed by atoms with Gasteiger partial charge in [-0.05, 0) is 65.5 Å². The molecule has 4 aromatic rings. The number of hydrogen-bond donors (Lipinski definition) is 4. The molecule has 0 spiro atoms. The summed E-state index contributed by atoms with van der Waals surface area (Å²) < 4.78 is 0. The number of nitrogens with zero attached hydrogens (tertiary/aromatic N) is 4. The van der Waals surface area contributed by atoms with Gasteiger partial charge in [0.1, 0.15) is 0 Å². The summed E-state index contributed by atoms with van der Waals surface area (Å²) in [5.41, 5.74) is 8.32. The molecule has 1 aliphatic heterocycles. The molecule has 1 aliphatic rings. The van der Waals surface area contributed by atoms with Gasteiger partial charge in [0.15, 0.2) is 0 Å². The molecule has 242 valence electrons. The third-order valence-corrected chi connectivity index (χ3v) is 8.49. The molecule has 0 saturated heterocycles. The van der Waals surface area contributed by atoms with E-state index in [2.05, 4.69) is 0 Å². The van der Waals surface area contributed by atoms with Gasteiger partial charge in [-0.1, -0.05) is 57.7 Å². The number of carboxylic acid groups (broad SMARTS) is 2. The van der Waals surface area contributed by atoms with Crippen LogP contribution in [0.1, 0.15) is 106 Å². The molecule has 0 saturated carbocycles. The van der Waals surface area contributed by atoms with E-state index in [4.69, 9.17) is 19.9 Å². The Morgan fingerprint density at radius 3 is 1.64 bits per heavy atom. The standard InChI is InChI=1S/C34H36N4O6.Ni/c1-15-21(7-9-31(41)42)27-14-28-22(8-10-32(43)44)16(2)24(36-28)12-29-34(20(6)40)18(4)26(38-29)13-30-33(19(5)39)17(3)25(37-30)11-23(15)35-27;/h11-14,19-20,39-40H,7-10H2,1-6H3,(H,41,42)(H,43,44);/q-4;/b23-11-,24-12?,25-11?,26-13-,27-14-,28-14?,29-12-,30-13?;. The van der Waals surface area contributed by atoms with Crippen molar-refractivity contribution < 1.29 is 46.5 Å². The summed E-state index contributed by atoms with van der Waals surface area (Å²) in [5, 5.41) is 42.7. The Kier molecular flexibility index (Phi) is 9.87. The SMILES string of the molecule is Cc1c2[n-]c(c1CCC(=O)O)/C=c1\[n-]/c(c(C)c1CCC(=O)O)=C\c1[n-]c(c(C(C)O)c1C)/C=c1\[n-]/c(c(C(C)O)c1C)=C\2.[Ni]. The Morgan fingerprint density at radius 2 is 1.04 bits per heavy atom. The third kappa shape index (κ3) is 6.52. The molecule has 2 unspecified atom stereocenters. The Balaban J connectivity index is 0.00000461. The summed E-state index contributed by atoms with van der Waals surface area (Å²) in [6, 6.07) is 0. The van der Waals surface area contributed by atoms with Crippen molar-refractivity contribution in [3.05, 3.63) is 88.7 Å². The maximum atomic E-state index is 11.5. The molecule has 4 N–H and O–H groups in total. The first kappa shape index (κ1) is 33.8. The molecule has 8 bridgehead atoms. The zero-order chi connectivity index (χ0) is 32.0. The molecule has 5 heterocycles. The summed E-state index contributed by atoms with van der Waals surface area (Å²) >= 11 is 0. The maximum Gasteiger partial charge on any atom is 0.303 e. The monoisotopic (exact) mass is 654 g/mol. The Labute approximate surface area is 270 Å². The summed E-state index contributed by atoms with van der Waals surface area (Å²) in [4.78, 5) is 42.6.